The number of hydrogen-bond acceptors (Lipinski definition) is 7. The molecule has 0 saturated carbocycles. The van der Waals surface area contributed by atoms with Crippen LogP contribution in [0, 0.1) is 25.7 Å². The number of benzene rings is 1. The van der Waals surface area contributed by atoms with Gasteiger partial charge in [-0.15, -0.1) is 0 Å². The van der Waals surface area contributed by atoms with E-state index < -0.39 is 0 Å². The molecule has 7 heteroatoms. The van der Waals surface area contributed by atoms with Gasteiger partial charge < -0.3 is 15.4 Å². The molecule has 3 aromatic heterocycles. The number of nitrogen functional groups attached to an aromatic ring is 1. The first-order valence-corrected chi connectivity index (χ1v) is 11.6. The molecular formula is C28H26N6O. The normalized spacial score (nSPS) is 13.3. The molecule has 0 bridgehead atoms. The van der Waals surface area contributed by atoms with E-state index in [-0.39, 0.29) is 0 Å². The van der Waals surface area contributed by atoms with Crippen LogP contribution >= 0.6 is 0 Å². The van der Waals surface area contributed by atoms with Gasteiger partial charge in [0.2, 0.25) is 5.95 Å². The van der Waals surface area contributed by atoms with Crippen molar-refractivity contribution in [1.82, 2.24) is 19.9 Å². The molecule has 174 valence electrons. The number of morpholine rings is 1. The molecule has 4 heterocycles. The van der Waals surface area contributed by atoms with Gasteiger partial charge in [0, 0.05) is 42.2 Å². The summed E-state index contributed by atoms with van der Waals surface area (Å²) in [5.41, 5.74) is 13.3. The molecule has 1 saturated heterocycles. The molecule has 0 amide bonds. The average molecular weight is 463 g/mol. The average Bonchev–Trinajstić information content (AvgIpc) is 2.89. The lowest BCUT2D eigenvalue weighted by Crippen LogP contribution is -2.37. The smallest absolute Gasteiger partial charge is 0.225 e. The first-order valence-electron chi connectivity index (χ1n) is 11.6. The minimum Gasteiger partial charge on any atom is -0.384 e. The van der Waals surface area contributed by atoms with Crippen LogP contribution in [0.1, 0.15) is 22.6 Å². The summed E-state index contributed by atoms with van der Waals surface area (Å²) in [7, 11) is 0. The summed E-state index contributed by atoms with van der Waals surface area (Å²) >= 11 is 0. The van der Waals surface area contributed by atoms with Gasteiger partial charge in [-0.1, -0.05) is 24.1 Å². The second-order valence-corrected chi connectivity index (χ2v) is 8.37. The van der Waals surface area contributed by atoms with Crippen molar-refractivity contribution in [2.75, 3.05) is 36.9 Å². The molecule has 0 atom stereocenters. The number of pyridine rings is 2. The maximum Gasteiger partial charge on any atom is 0.225 e. The SMILES string of the molecule is Cc1nc(N2CCOCC2)nc(C)c1-c1ccc(N)nc1C#Cc1ccc(-c2cccnc2)cc1. The topological polar surface area (TPSA) is 90.0 Å². The van der Waals surface area contributed by atoms with Crippen molar-refractivity contribution in [2.45, 2.75) is 13.8 Å². The Hall–Kier alpha value is -4.28. The number of aryl methyl sites for hydroxylation is 2. The van der Waals surface area contributed by atoms with Crippen LogP contribution in [0.4, 0.5) is 11.8 Å². The van der Waals surface area contributed by atoms with Crippen molar-refractivity contribution in [3.63, 3.8) is 0 Å². The number of nitrogens with zero attached hydrogens (tertiary/aromatic N) is 5. The number of nitrogens with two attached hydrogens (primary N) is 1. The van der Waals surface area contributed by atoms with Gasteiger partial charge >= 0.3 is 0 Å². The van der Waals surface area contributed by atoms with Gasteiger partial charge in [0.25, 0.3) is 0 Å². The van der Waals surface area contributed by atoms with Crippen molar-refractivity contribution in [1.29, 1.82) is 0 Å². The Morgan fingerprint density at radius 2 is 1.60 bits per heavy atom. The predicted molar refractivity (Wildman–Crippen MR) is 138 cm³/mol. The van der Waals surface area contributed by atoms with Crippen molar-refractivity contribution >= 4 is 11.8 Å². The van der Waals surface area contributed by atoms with E-state index in [2.05, 4.69) is 26.7 Å². The summed E-state index contributed by atoms with van der Waals surface area (Å²) < 4.78 is 5.46. The number of ether oxygens (including phenoxy) is 1. The molecule has 4 aromatic rings. The molecule has 1 aromatic carbocycles. The van der Waals surface area contributed by atoms with Crippen molar-refractivity contribution in [3.8, 4) is 34.1 Å². The Balaban J connectivity index is 1.47. The van der Waals surface area contributed by atoms with E-state index in [1.54, 1.807) is 12.3 Å². The number of aromatic nitrogens is 4. The van der Waals surface area contributed by atoms with E-state index in [1.165, 1.54) is 0 Å². The fraction of sp³-hybridized carbons (Fsp3) is 0.214. The minimum absolute atomic E-state index is 0.422. The van der Waals surface area contributed by atoms with Crippen molar-refractivity contribution < 1.29 is 4.74 Å². The van der Waals surface area contributed by atoms with Gasteiger partial charge in [-0.05, 0) is 61.2 Å². The summed E-state index contributed by atoms with van der Waals surface area (Å²) in [6.07, 6.45) is 3.62. The highest BCUT2D eigenvalue weighted by Gasteiger charge is 2.19. The van der Waals surface area contributed by atoms with Crippen LogP contribution in [-0.2, 0) is 4.74 Å². The lowest BCUT2D eigenvalue weighted by Gasteiger charge is -2.27. The first kappa shape index (κ1) is 22.5. The van der Waals surface area contributed by atoms with Gasteiger partial charge in [0.05, 0.1) is 24.6 Å². The second kappa shape index (κ2) is 9.92. The van der Waals surface area contributed by atoms with Crippen molar-refractivity contribution in [2.24, 2.45) is 0 Å². The summed E-state index contributed by atoms with van der Waals surface area (Å²) in [6, 6.07) is 15.8. The van der Waals surface area contributed by atoms with Crippen LogP contribution < -0.4 is 10.6 Å². The zero-order valence-electron chi connectivity index (χ0n) is 19.8. The molecule has 1 aliphatic rings. The third-order valence-corrected chi connectivity index (χ3v) is 5.94. The lowest BCUT2D eigenvalue weighted by molar-refractivity contribution is 0.122. The predicted octanol–water partition coefficient (Wildman–Crippen LogP) is 4.04. The molecule has 0 spiro atoms. The summed E-state index contributed by atoms with van der Waals surface area (Å²) in [4.78, 5) is 20.5. The fourth-order valence-electron chi connectivity index (χ4n) is 4.18. The Labute approximate surface area is 205 Å². The standard InChI is InChI=1S/C28H26N6O/c1-19-27(20(2)32-28(31-19)34-14-16-35-17-15-34)24-10-12-26(29)33-25(24)11-7-21-5-8-22(9-6-21)23-4-3-13-30-18-23/h3-6,8-10,12-13,18H,14-17H2,1-2H3,(H2,29,33). The molecule has 0 radical (unpaired) electrons. The number of rotatable bonds is 3. The lowest BCUT2D eigenvalue weighted by atomic mass is 10.0. The summed E-state index contributed by atoms with van der Waals surface area (Å²) in [5.74, 6) is 7.61. The molecule has 2 N–H and O–H groups in total. The molecule has 0 aliphatic carbocycles. The molecule has 7 nitrogen and oxygen atoms in total. The molecule has 1 fully saturated rings. The molecule has 5 rings (SSSR count). The molecule has 35 heavy (non-hydrogen) atoms. The van der Waals surface area contributed by atoms with Crippen molar-refractivity contribution in [3.05, 3.63) is 83.6 Å². The van der Waals surface area contributed by atoms with Gasteiger partial charge in [-0.25, -0.2) is 15.0 Å². The van der Waals surface area contributed by atoms with Gasteiger partial charge in [0.15, 0.2) is 0 Å². The van der Waals surface area contributed by atoms with Crippen LogP contribution in [0.3, 0.4) is 0 Å². The molecule has 1 aliphatic heterocycles. The zero-order chi connectivity index (χ0) is 24.2. The highest BCUT2D eigenvalue weighted by Crippen LogP contribution is 2.30. The third-order valence-electron chi connectivity index (χ3n) is 5.94. The van der Waals surface area contributed by atoms with E-state index in [0.717, 1.165) is 58.2 Å². The second-order valence-electron chi connectivity index (χ2n) is 8.37. The zero-order valence-corrected chi connectivity index (χ0v) is 19.8. The van der Waals surface area contributed by atoms with Crippen LogP contribution in [0.5, 0.6) is 0 Å². The summed E-state index contributed by atoms with van der Waals surface area (Å²) in [5, 5.41) is 0. The number of hydrogen-bond donors (Lipinski definition) is 1. The Kier molecular flexibility index (Phi) is 6.38. The van der Waals surface area contributed by atoms with E-state index in [4.69, 9.17) is 20.4 Å². The Morgan fingerprint density at radius 1 is 0.857 bits per heavy atom. The highest BCUT2D eigenvalue weighted by molar-refractivity contribution is 5.75. The highest BCUT2D eigenvalue weighted by atomic mass is 16.5. The maximum atomic E-state index is 6.02. The Morgan fingerprint density at radius 3 is 2.29 bits per heavy atom. The van der Waals surface area contributed by atoms with Crippen LogP contribution in [0.2, 0.25) is 0 Å². The maximum absolute atomic E-state index is 6.02. The molecule has 0 unspecified atom stereocenters. The van der Waals surface area contributed by atoms with Gasteiger partial charge in [0.1, 0.15) is 11.5 Å². The van der Waals surface area contributed by atoms with Crippen LogP contribution in [0.25, 0.3) is 22.3 Å². The quantitative estimate of drug-likeness (QED) is 0.460. The Bertz CT molecular complexity index is 1380. The molecular weight excluding hydrogens is 436 g/mol. The number of anilines is 2. The van der Waals surface area contributed by atoms with E-state index in [1.807, 2.05) is 62.5 Å². The summed E-state index contributed by atoms with van der Waals surface area (Å²) in [6.45, 7) is 6.95. The van der Waals surface area contributed by atoms with Gasteiger partial charge in [-0.2, -0.15) is 0 Å². The van der Waals surface area contributed by atoms with E-state index in [9.17, 15) is 0 Å². The van der Waals surface area contributed by atoms with E-state index in [0.29, 0.717) is 24.7 Å². The third kappa shape index (κ3) is 4.98. The monoisotopic (exact) mass is 462 g/mol. The van der Waals surface area contributed by atoms with Crippen LogP contribution in [0.15, 0.2) is 60.9 Å². The van der Waals surface area contributed by atoms with E-state index >= 15 is 0 Å². The van der Waals surface area contributed by atoms with Gasteiger partial charge in [-0.3, -0.25) is 4.98 Å². The first-order chi connectivity index (χ1) is 17.1. The van der Waals surface area contributed by atoms with Crippen LogP contribution in [-0.4, -0.2) is 46.2 Å². The largest absolute Gasteiger partial charge is 0.384 e. The fourth-order valence-corrected chi connectivity index (χ4v) is 4.18. The minimum atomic E-state index is 0.422.